The molecule has 3 atom stereocenters. The number of alkyl carbamates (subject to hydrolysis) is 1. The molecule has 11 heteroatoms. The molecule has 1 heterocycles. The highest BCUT2D eigenvalue weighted by Crippen LogP contribution is 2.32. The normalized spacial score (nSPS) is 13.9. The van der Waals surface area contributed by atoms with Gasteiger partial charge in [0, 0.05) is 39.3 Å². The third-order valence-electron chi connectivity index (χ3n) is 7.27. The van der Waals surface area contributed by atoms with E-state index in [-0.39, 0.29) is 29.9 Å². The Morgan fingerprint density at radius 2 is 1.50 bits per heavy atom. The molecule has 2 aromatic rings. The smallest absolute Gasteiger partial charge is 0.408 e. The molecule has 242 valence electrons. The summed E-state index contributed by atoms with van der Waals surface area (Å²) < 4.78 is 5.41. The predicted molar refractivity (Wildman–Crippen MR) is 169 cm³/mol. The van der Waals surface area contributed by atoms with Crippen LogP contribution in [0.3, 0.4) is 0 Å². The Labute approximate surface area is 261 Å². The molecule has 0 saturated heterocycles. The van der Waals surface area contributed by atoms with Crippen molar-refractivity contribution in [3.8, 4) is 5.75 Å². The second-order valence-corrected chi connectivity index (χ2v) is 13.6. The van der Waals surface area contributed by atoms with E-state index in [9.17, 15) is 24.3 Å². The number of ether oxygens (including phenoxy) is 1. The molecule has 0 spiro atoms. The van der Waals surface area contributed by atoms with Crippen molar-refractivity contribution < 1.29 is 29.0 Å². The van der Waals surface area contributed by atoms with E-state index in [4.69, 9.17) is 10.5 Å². The number of phenols is 1. The number of carbonyl (C=O) groups excluding carboxylic acids is 4. The molecule has 0 bridgehead atoms. The number of nitrogens with zero attached hydrogens (tertiary/aromatic N) is 3. The zero-order valence-corrected chi connectivity index (χ0v) is 27.7. The predicted octanol–water partition coefficient (Wildman–Crippen LogP) is 3.56. The van der Waals surface area contributed by atoms with Crippen molar-refractivity contribution in [3.05, 3.63) is 59.4 Å². The summed E-state index contributed by atoms with van der Waals surface area (Å²) in [5.41, 5.74) is 6.85. The standard InChI is InChI=1S/C33H49N5O6/c1-20(2)27(30(42)37(9)25(28(34)40)19-22-11-12-26(39)23(17-22)32(3,4)5)38(10)29(41)24(18-21-13-15-35-16-14-21)36-31(43)44-33(6,7)8/h11-17,20,24-25,27,39H,18-19H2,1-10H3,(H2,34,40)(H,36,43)/t24?,25-,27-/m0/s1. The van der Waals surface area contributed by atoms with E-state index >= 15 is 0 Å². The molecule has 1 aromatic carbocycles. The van der Waals surface area contributed by atoms with Crippen molar-refractivity contribution in [3.63, 3.8) is 0 Å². The average Bonchev–Trinajstić information content (AvgIpc) is 2.89. The van der Waals surface area contributed by atoms with E-state index in [2.05, 4.69) is 10.3 Å². The van der Waals surface area contributed by atoms with Gasteiger partial charge in [-0.3, -0.25) is 19.4 Å². The number of nitrogens with two attached hydrogens (primary N) is 1. The first-order chi connectivity index (χ1) is 20.2. The molecular weight excluding hydrogens is 562 g/mol. The maximum absolute atomic E-state index is 14.0. The molecule has 44 heavy (non-hydrogen) atoms. The van der Waals surface area contributed by atoms with Crippen molar-refractivity contribution in [2.45, 2.75) is 97.4 Å². The number of benzene rings is 1. The van der Waals surface area contributed by atoms with Crippen molar-refractivity contribution in [2.75, 3.05) is 14.1 Å². The van der Waals surface area contributed by atoms with Crippen LogP contribution in [0.5, 0.6) is 5.75 Å². The number of aromatic hydroxyl groups is 1. The van der Waals surface area contributed by atoms with Crippen LogP contribution in [0.4, 0.5) is 4.79 Å². The van der Waals surface area contributed by atoms with Gasteiger partial charge in [-0.15, -0.1) is 0 Å². The van der Waals surface area contributed by atoms with Crippen LogP contribution in [-0.2, 0) is 37.4 Å². The summed E-state index contributed by atoms with van der Waals surface area (Å²) in [6.07, 6.45) is 2.67. The van der Waals surface area contributed by atoms with E-state index in [1.165, 1.54) is 23.9 Å². The molecule has 2 rings (SSSR count). The van der Waals surface area contributed by atoms with E-state index in [0.717, 1.165) is 11.1 Å². The fourth-order valence-corrected chi connectivity index (χ4v) is 5.01. The highest BCUT2D eigenvalue weighted by molar-refractivity contribution is 5.93. The monoisotopic (exact) mass is 611 g/mol. The van der Waals surface area contributed by atoms with E-state index in [0.29, 0.717) is 5.56 Å². The number of hydrogen-bond acceptors (Lipinski definition) is 7. The SMILES string of the molecule is CC(C)[C@@H](C(=O)N(C)[C@@H](Cc1ccc(O)c(C(C)(C)C)c1)C(N)=O)N(C)C(=O)C(Cc1ccncc1)NC(=O)OC(C)(C)C. The summed E-state index contributed by atoms with van der Waals surface area (Å²) in [6.45, 7) is 14.7. The van der Waals surface area contributed by atoms with Crippen molar-refractivity contribution in [2.24, 2.45) is 11.7 Å². The number of hydrogen-bond donors (Lipinski definition) is 3. The van der Waals surface area contributed by atoms with Crippen LogP contribution < -0.4 is 11.1 Å². The molecule has 4 amide bonds. The quantitative estimate of drug-likeness (QED) is 0.351. The summed E-state index contributed by atoms with van der Waals surface area (Å²) >= 11 is 0. The first-order valence-electron chi connectivity index (χ1n) is 14.8. The Morgan fingerprint density at radius 3 is 2.00 bits per heavy atom. The summed E-state index contributed by atoms with van der Waals surface area (Å²) in [4.78, 5) is 59.9. The fraction of sp³-hybridized carbons (Fsp3) is 0.545. The summed E-state index contributed by atoms with van der Waals surface area (Å²) in [6, 6.07) is 5.52. The number of likely N-dealkylation sites (N-methyl/N-ethyl adjacent to an activating group) is 2. The topological polar surface area (TPSA) is 155 Å². The lowest BCUT2D eigenvalue weighted by Gasteiger charge is -2.37. The average molecular weight is 612 g/mol. The van der Waals surface area contributed by atoms with Crippen LogP contribution in [0.1, 0.15) is 72.1 Å². The molecule has 1 unspecified atom stereocenters. The van der Waals surface area contributed by atoms with Gasteiger partial charge >= 0.3 is 6.09 Å². The molecule has 1 aromatic heterocycles. The van der Waals surface area contributed by atoms with Crippen LogP contribution in [0.2, 0.25) is 0 Å². The second-order valence-electron chi connectivity index (χ2n) is 13.6. The number of nitrogens with one attached hydrogen (secondary N) is 1. The minimum absolute atomic E-state index is 0.119. The Bertz CT molecular complexity index is 1320. The summed E-state index contributed by atoms with van der Waals surface area (Å²) in [5.74, 6) is -1.89. The van der Waals surface area contributed by atoms with Gasteiger partial charge < -0.3 is 30.7 Å². The van der Waals surface area contributed by atoms with Crippen molar-refractivity contribution in [1.82, 2.24) is 20.1 Å². The largest absolute Gasteiger partial charge is 0.508 e. The first-order valence-corrected chi connectivity index (χ1v) is 14.8. The second kappa shape index (κ2) is 14.5. The molecular formula is C33H49N5O6. The third kappa shape index (κ3) is 9.96. The number of rotatable bonds is 11. The summed E-state index contributed by atoms with van der Waals surface area (Å²) in [5, 5.41) is 13.0. The number of amides is 4. The fourth-order valence-electron chi connectivity index (χ4n) is 5.01. The van der Waals surface area contributed by atoms with Crippen LogP contribution >= 0.6 is 0 Å². The van der Waals surface area contributed by atoms with Gasteiger partial charge in [-0.05, 0) is 67.0 Å². The minimum Gasteiger partial charge on any atom is -0.508 e. The van der Waals surface area contributed by atoms with Crippen LogP contribution in [0, 0.1) is 5.92 Å². The number of aromatic nitrogens is 1. The molecule has 0 fully saturated rings. The van der Waals surface area contributed by atoms with Gasteiger partial charge in [-0.25, -0.2) is 4.79 Å². The Hall–Kier alpha value is -4.15. The van der Waals surface area contributed by atoms with Gasteiger partial charge in [0.2, 0.25) is 17.7 Å². The van der Waals surface area contributed by atoms with Crippen LogP contribution in [0.25, 0.3) is 0 Å². The molecule has 4 N–H and O–H groups in total. The number of phenolic OH excluding ortho intramolecular Hbond substituents is 1. The molecule has 0 aliphatic carbocycles. The molecule has 0 saturated carbocycles. The van der Waals surface area contributed by atoms with Gasteiger partial charge in [0.25, 0.3) is 0 Å². The van der Waals surface area contributed by atoms with Gasteiger partial charge in [0.15, 0.2) is 0 Å². The van der Waals surface area contributed by atoms with E-state index in [1.807, 2.05) is 26.8 Å². The van der Waals surface area contributed by atoms with Crippen LogP contribution in [-0.4, -0.2) is 81.5 Å². The van der Waals surface area contributed by atoms with Gasteiger partial charge in [-0.2, -0.15) is 0 Å². The molecule has 11 nitrogen and oxygen atoms in total. The minimum atomic E-state index is -1.05. The molecule has 0 aliphatic rings. The van der Waals surface area contributed by atoms with Crippen molar-refractivity contribution >= 4 is 23.8 Å². The van der Waals surface area contributed by atoms with E-state index < -0.39 is 47.5 Å². The lowest BCUT2D eigenvalue weighted by atomic mass is 9.84. The van der Waals surface area contributed by atoms with Gasteiger partial charge in [0.1, 0.15) is 29.5 Å². The zero-order chi connectivity index (χ0) is 33.6. The first kappa shape index (κ1) is 36.0. The summed E-state index contributed by atoms with van der Waals surface area (Å²) in [7, 11) is 2.99. The van der Waals surface area contributed by atoms with Crippen molar-refractivity contribution in [1.29, 1.82) is 0 Å². The lowest BCUT2D eigenvalue weighted by molar-refractivity contribution is -0.149. The Kier molecular flexibility index (Phi) is 11.9. The number of pyridine rings is 1. The van der Waals surface area contributed by atoms with E-state index in [1.54, 1.807) is 71.3 Å². The Balaban J connectivity index is 2.38. The zero-order valence-electron chi connectivity index (χ0n) is 27.7. The highest BCUT2D eigenvalue weighted by Gasteiger charge is 2.38. The number of carbonyl (C=O) groups is 4. The maximum atomic E-state index is 14.0. The third-order valence-corrected chi connectivity index (χ3v) is 7.27. The highest BCUT2D eigenvalue weighted by atomic mass is 16.6. The van der Waals surface area contributed by atoms with Crippen LogP contribution in [0.15, 0.2) is 42.7 Å². The van der Waals surface area contributed by atoms with Gasteiger partial charge in [-0.1, -0.05) is 46.8 Å². The Morgan fingerprint density at radius 1 is 0.909 bits per heavy atom. The maximum Gasteiger partial charge on any atom is 0.408 e. The number of primary amides is 1. The molecule has 0 radical (unpaired) electrons. The van der Waals surface area contributed by atoms with Gasteiger partial charge in [0.05, 0.1) is 0 Å². The molecule has 0 aliphatic heterocycles. The lowest BCUT2D eigenvalue weighted by Crippen LogP contribution is -2.59.